The Labute approximate surface area is 207 Å². The number of likely N-dealkylation sites (tertiary alicyclic amines) is 1. The van der Waals surface area contributed by atoms with E-state index in [2.05, 4.69) is 17.5 Å². The van der Waals surface area contributed by atoms with Gasteiger partial charge >= 0.3 is 6.09 Å². The maximum Gasteiger partial charge on any atom is 0.410 e. The molecule has 0 aliphatic carbocycles. The van der Waals surface area contributed by atoms with Crippen LogP contribution in [0.2, 0.25) is 0 Å². The van der Waals surface area contributed by atoms with E-state index in [9.17, 15) is 19.7 Å². The lowest BCUT2D eigenvalue weighted by molar-refractivity contribution is -0.384. The van der Waals surface area contributed by atoms with Gasteiger partial charge in [0.1, 0.15) is 6.61 Å². The highest BCUT2D eigenvalue weighted by molar-refractivity contribution is 8.00. The van der Waals surface area contributed by atoms with E-state index in [1.54, 1.807) is 28.8 Å². The number of non-ortho nitro benzene ring substituents is 1. The summed E-state index contributed by atoms with van der Waals surface area (Å²) in [6, 6.07) is 5.81. The van der Waals surface area contributed by atoms with Gasteiger partial charge < -0.3 is 14.5 Å². The first-order chi connectivity index (χ1) is 15.9. The standard InChI is InChI=1S/C21H28N4O5S3/c26-19(13-22-5-8-32-9-6-22)23-7-10-33-20(23)18-11-17(31)12-24(18)21(27)30-14-15-1-3-16(4-2-15)25(28)29/h1-4,17-18,20,31H,5-14H2. The van der Waals surface area contributed by atoms with Gasteiger partial charge in [0, 0.05) is 60.8 Å². The summed E-state index contributed by atoms with van der Waals surface area (Å²) >= 11 is 8.25. The van der Waals surface area contributed by atoms with Crippen molar-refractivity contribution in [2.75, 3.05) is 50.0 Å². The smallest absolute Gasteiger partial charge is 0.410 e. The normalized spacial score (nSPS) is 25.9. The summed E-state index contributed by atoms with van der Waals surface area (Å²) in [6.07, 6.45) is 0.264. The van der Waals surface area contributed by atoms with Gasteiger partial charge in [-0.15, -0.1) is 11.8 Å². The van der Waals surface area contributed by atoms with Gasteiger partial charge in [0.2, 0.25) is 5.91 Å². The van der Waals surface area contributed by atoms with Gasteiger partial charge in [-0.2, -0.15) is 24.4 Å². The van der Waals surface area contributed by atoms with Crippen LogP contribution in [0.15, 0.2) is 24.3 Å². The third kappa shape index (κ3) is 6.09. The molecule has 0 spiro atoms. The summed E-state index contributed by atoms with van der Waals surface area (Å²) in [6.45, 7) is 3.49. The zero-order valence-electron chi connectivity index (χ0n) is 18.2. The number of rotatable bonds is 6. The highest BCUT2D eigenvalue weighted by Gasteiger charge is 2.45. The van der Waals surface area contributed by atoms with Crippen molar-refractivity contribution in [3.8, 4) is 0 Å². The van der Waals surface area contributed by atoms with Crippen molar-refractivity contribution >= 4 is 53.8 Å². The molecular formula is C21H28N4O5S3. The van der Waals surface area contributed by atoms with Gasteiger partial charge in [0.25, 0.3) is 5.69 Å². The molecule has 12 heteroatoms. The molecule has 0 aromatic heterocycles. The Hall–Kier alpha value is -1.63. The molecule has 3 unspecified atom stereocenters. The van der Waals surface area contributed by atoms with Crippen LogP contribution in [0.25, 0.3) is 0 Å². The van der Waals surface area contributed by atoms with Crippen LogP contribution in [0.3, 0.4) is 0 Å². The Bertz CT molecular complexity index is 868. The first kappa shape index (κ1) is 24.5. The van der Waals surface area contributed by atoms with Crippen molar-refractivity contribution < 1.29 is 19.2 Å². The number of benzene rings is 1. The summed E-state index contributed by atoms with van der Waals surface area (Å²) in [5.41, 5.74) is 0.674. The van der Waals surface area contributed by atoms with Gasteiger partial charge in [0.05, 0.1) is 22.9 Å². The summed E-state index contributed by atoms with van der Waals surface area (Å²) < 4.78 is 5.53. The highest BCUT2D eigenvalue weighted by Crippen LogP contribution is 2.36. The lowest BCUT2D eigenvalue weighted by Crippen LogP contribution is -2.51. The van der Waals surface area contributed by atoms with Crippen molar-refractivity contribution in [2.45, 2.75) is 29.7 Å². The van der Waals surface area contributed by atoms with Gasteiger partial charge in [-0.1, -0.05) is 0 Å². The molecular weight excluding hydrogens is 484 g/mol. The van der Waals surface area contributed by atoms with E-state index in [-0.39, 0.29) is 34.9 Å². The number of amides is 2. The molecule has 3 aliphatic heterocycles. The summed E-state index contributed by atoms with van der Waals surface area (Å²) in [5, 5.41) is 10.7. The molecule has 3 heterocycles. The number of thiol groups is 1. The number of carbonyl (C=O) groups is 2. The van der Waals surface area contributed by atoms with Crippen LogP contribution in [0.1, 0.15) is 12.0 Å². The van der Waals surface area contributed by atoms with Crippen LogP contribution in [0.5, 0.6) is 0 Å². The maximum absolute atomic E-state index is 13.1. The highest BCUT2D eigenvalue weighted by atomic mass is 32.2. The minimum atomic E-state index is -0.464. The molecule has 1 aromatic carbocycles. The minimum Gasteiger partial charge on any atom is -0.445 e. The van der Waals surface area contributed by atoms with Crippen molar-refractivity contribution in [3.05, 3.63) is 39.9 Å². The Morgan fingerprint density at radius 2 is 1.85 bits per heavy atom. The van der Waals surface area contributed by atoms with Crippen LogP contribution in [-0.2, 0) is 16.1 Å². The van der Waals surface area contributed by atoms with Crippen LogP contribution in [0, 0.1) is 10.1 Å². The van der Waals surface area contributed by atoms with E-state index in [0.29, 0.717) is 31.6 Å². The molecule has 3 saturated heterocycles. The molecule has 0 N–H and O–H groups in total. The first-order valence-corrected chi connectivity index (χ1v) is 13.7. The van der Waals surface area contributed by atoms with E-state index in [1.165, 1.54) is 12.1 Å². The number of hydrogen-bond donors (Lipinski definition) is 1. The topological polar surface area (TPSA) is 96.2 Å². The summed E-state index contributed by atoms with van der Waals surface area (Å²) in [4.78, 5) is 42.2. The number of nitro benzene ring substituents is 1. The van der Waals surface area contributed by atoms with E-state index in [4.69, 9.17) is 4.74 Å². The predicted octanol–water partition coefficient (Wildman–Crippen LogP) is 2.55. The predicted molar refractivity (Wildman–Crippen MR) is 133 cm³/mol. The van der Waals surface area contributed by atoms with E-state index in [1.807, 2.05) is 16.7 Å². The Kier molecular flexibility index (Phi) is 8.31. The van der Waals surface area contributed by atoms with Crippen LogP contribution in [-0.4, -0.2) is 98.3 Å². The van der Waals surface area contributed by atoms with Crippen molar-refractivity contribution in [1.29, 1.82) is 0 Å². The third-order valence-corrected chi connectivity index (χ3v) is 8.75. The molecule has 1 aromatic rings. The molecule has 3 fully saturated rings. The number of carbonyl (C=O) groups excluding carboxylic acids is 2. The number of ether oxygens (including phenoxy) is 1. The SMILES string of the molecule is O=C(OCc1ccc([N+](=O)[O-])cc1)N1CC(S)CC1C1SCCN1C(=O)CN1CCSCC1. The largest absolute Gasteiger partial charge is 0.445 e. The number of thioether (sulfide) groups is 2. The Morgan fingerprint density at radius 1 is 1.12 bits per heavy atom. The molecule has 0 bridgehead atoms. The summed E-state index contributed by atoms with van der Waals surface area (Å²) in [5.74, 6) is 3.10. The fourth-order valence-electron chi connectivity index (χ4n) is 4.38. The molecule has 3 atom stereocenters. The Morgan fingerprint density at radius 3 is 2.55 bits per heavy atom. The quantitative estimate of drug-likeness (QED) is 0.353. The molecule has 4 rings (SSSR count). The molecule has 33 heavy (non-hydrogen) atoms. The fraction of sp³-hybridized carbons (Fsp3) is 0.619. The Balaban J connectivity index is 1.37. The monoisotopic (exact) mass is 512 g/mol. The van der Waals surface area contributed by atoms with Crippen LogP contribution in [0.4, 0.5) is 10.5 Å². The third-order valence-electron chi connectivity index (χ3n) is 6.11. The van der Waals surface area contributed by atoms with Gasteiger partial charge in [0.15, 0.2) is 0 Å². The van der Waals surface area contributed by atoms with E-state index < -0.39 is 11.0 Å². The lowest BCUT2D eigenvalue weighted by Gasteiger charge is -2.35. The lowest BCUT2D eigenvalue weighted by atomic mass is 10.2. The molecule has 180 valence electrons. The minimum absolute atomic E-state index is 0.00563. The van der Waals surface area contributed by atoms with E-state index in [0.717, 1.165) is 30.3 Å². The molecule has 3 aliphatic rings. The van der Waals surface area contributed by atoms with Gasteiger partial charge in [-0.05, 0) is 24.1 Å². The second-order valence-electron chi connectivity index (χ2n) is 8.32. The second kappa shape index (κ2) is 11.2. The molecule has 9 nitrogen and oxygen atoms in total. The van der Waals surface area contributed by atoms with Crippen molar-refractivity contribution in [3.63, 3.8) is 0 Å². The molecule has 0 radical (unpaired) electrons. The van der Waals surface area contributed by atoms with Crippen molar-refractivity contribution in [1.82, 2.24) is 14.7 Å². The van der Waals surface area contributed by atoms with Crippen molar-refractivity contribution in [2.24, 2.45) is 0 Å². The zero-order valence-corrected chi connectivity index (χ0v) is 20.7. The summed E-state index contributed by atoms with van der Waals surface area (Å²) in [7, 11) is 0. The van der Waals surface area contributed by atoms with Gasteiger partial charge in [-0.25, -0.2) is 4.79 Å². The average Bonchev–Trinajstić information content (AvgIpc) is 3.45. The van der Waals surface area contributed by atoms with Crippen LogP contribution >= 0.6 is 36.2 Å². The first-order valence-electron chi connectivity index (χ1n) is 11.0. The number of nitrogens with zero attached hydrogens (tertiary/aromatic N) is 4. The van der Waals surface area contributed by atoms with E-state index >= 15 is 0 Å². The average molecular weight is 513 g/mol. The van der Waals surface area contributed by atoms with Gasteiger partial charge in [-0.3, -0.25) is 19.8 Å². The molecule has 2 amide bonds. The van der Waals surface area contributed by atoms with Crippen LogP contribution < -0.4 is 0 Å². The number of hydrogen-bond acceptors (Lipinski definition) is 9. The fourth-order valence-corrected chi connectivity index (χ4v) is 7.18. The zero-order chi connectivity index (χ0) is 23.4. The maximum atomic E-state index is 13.1. The second-order valence-corrected chi connectivity index (χ2v) is 11.5. The number of nitro groups is 1. The molecule has 0 saturated carbocycles.